The number of benzene rings is 2. The summed E-state index contributed by atoms with van der Waals surface area (Å²) in [6.45, 7) is 2.08. The van der Waals surface area contributed by atoms with E-state index in [9.17, 15) is 0 Å². The minimum Gasteiger partial charge on any atom is -0.117 e. The number of hydrogen-bond acceptors (Lipinski definition) is 0. The van der Waals surface area contributed by atoms with E-state index in [0.29, 0.717) is 0 Å². The summed E-state index contributed by atoms with van der Waals surface area (Å²) in [6.07, 6.45) is 11.1. The van der Waals surface area contributed by atoms with Gasteiger partial charge in [0.15, 0.2) is 0 Å². The van der Waals surface area contributed by atoms with Gasteiger partial charge >= 0.3 is 0 Å². The summed E-state index contributed by atoms with van der Waals surface area (Å²) < 4.78 is 0. The molecule has 0 saturated heterocycles. The Balaban J connectivity index is 0.000000194. The Hall–Kier alpha value is -2.56. The lowest BCUT2D eigenvalue weighted by atomic mass is 10.1. The summed E-state index contributed by atoms with van der Waals surface area (Å²) in [5, 5.41) is 0. The van der Waals surface area contributed by atoms with Gasteiger partial charge < -0.3 is 0 Å². The Bertz CT molecular complexity index is 652. The second-order valence-electron chi connectivity index (χ2n) is 4.90. The zero-order chi connectivity index (χ0) is 14.8. The van der Waals surface area contributed by atoms with Crippen molar-refractivity contribution in [2.24, 2.45) is 0 Å². The minimum atomic E-state index is 0.954. The van der Waals surface area contributed by atoms with Gasteiger partial charge in [-0.05, 0) is 24.1 Å². The third-order valence-electron chi connectivity index (χ3n) is 3.06. The van der Waals surface area contributed by atoms with Crippen LogP contribution in [0.2, 0.25) is 0 Å². The first-order valence-electron chi connectivity index (χ1n) is 7.19. The second kappa shape index (κ2) is 8.58. The van der Waals surface area contributed by atoms with E-state index >= 15 is 0 Å². The quantitative estimate of drug-likeness (QED) is 0.639. The van der Waals surface area contributed by atoms with Crippen LogP contribution >= 0.6 is 0 Å². The van der Waals surface area contributed by atoms with Crippen molar-refractivity contribution in [3.05, 3.63) is 113 Å². The molecular weight excluding hydrogens is 252 g/mol. The van der Waals surface area contributed by atoms with Gasteiger partial charge in [0.2, 0.25) is 0 Å². The molecule has 0 spiro atoms. The molecular formula is C21H20. The van der Waals surface area contributed by atoms with Gasteiger partial charge in [0.05, 0.1) is 0 Å². The Kier molecular flexibility index (Phi) is 6.06. The van der Waals surface area contributed by atoms with Crippen molar-refractivity contribution in [1.29, 1.82) is 0 Å². The van der Waals surface area contributed by atoms with Crippen LogP contribution in [0, 0.1) is 6.92 Å². The molecule has 0 saturated carbocycles. The van der Waals surface area contributed by atoms with Crippen LogP contribution in [-0.2, 0) is 6.42 Å². The fourth-order valence-electron chi connectivity index (χ4n) is 1.95. The zero-order valence-electron chi connectivity index (χ0n) is 12.4. The fourth-order valence-corrected chi connectivity index (χ4v) is 1.95. The molecule has 0 N–H and O–H groups in total. The highest BCUT2D eigenvalue weighted by atomic mass is 14.0. The van der Waals surface area contributed by atoms with Crippen molar-refractivity contribution in [3.63, 3.8) is 0 Å². The number of aryl methyl sites for hydroxylation is 1. The molecule has 2 aromatic rings. The van der Waals surface area contributed by atoms with Gasteiger partial charge in [0.1, 0.15) is 0 Å². The third-order valence-corrected chi connectivity index (χ3v) is 3.06. The highest BCUT2D eigenvalue weighted by Gasteiger charge is 1.94. The summed E-state index contributed by atoms with van der Waals surface area (Å²) >= 11 is 0. The summed E-state index contributed by atoms with van der Waals surface area (Å²) in [7, 11) is 0. The normalized spacial score (nSPS) is 12.1. The Labute approximate surface area is 127 Å². The van der Waals surface area contributed by atoms with Gasteiger partial charge in [-0.15, -0.1) is 5.73 Å². The number of allylic oxidation sites excluding steroid dienone is 5. The van der Waals surface area contributed by atoms with Crippen molar-refractivity contribution in [2.45, 2.75) is 13.3 Å². The van der Waals surface area contributed by atoms with Crippen LogP contribution in [0.3, 0.4) is 0 Å². The molecule has 0 aromatic heterocycles. The van der Waals surface area contributed by atoms with Crippen LogP contribution in [0.25, 0.3) is 0 Å². The Morgan fingerprint density at radius 1 is 0.762 bits per heavy atom. The highest BCUT2D eigenvalue weighted by Crippen LogP contribution is 2.09. The smallest absolute Gasteiger partial charge is 0.00479 e. The molecule has 1 aliphatic rings. The van der Waals surface area contributed by atoms with Crippen molar-refractivity contribution >= 4 is 0 Å². The summed E-state index contributed by atoms with van der Waals surface area (Å²) in [5.74, 6) is 0. The lowest BCUT2D eigenvalue weighted by Crippen LogP contribution is -1.85. The maximum atomic E-state index is 3.25. The molecule has 21 heavy (non-hydrogen) atoms. The number of hydrogen-bond donors (Lipinski definition) is 0. The van der Waals surface area contributed by atoms with E-state index in [2.05, 4.69) is 61.2 Å². The van der Waals surface area contributed by atoms with Crippen molar-refractivity contribution in [3.8, 4) is 0 Å². The first-order chi connectivity index (χ1) is 10.3. The van der Waals surface area contributed by atoms with E-state index in [0.717, 1.165) is 6.42 Å². The van der Waals surface area contributed by atoms with Gasteiger partial charge in [-0.3, -0.25) is 0 Å². The van der Waals surface area contributed by atoms with E-state index in [1.807, 2.05) is 42.5 Å². The molecule has 0 amide bonds. The lowest BCUT2D eigenvalue weighted by Gasteiger charge is -1.98. The summed E-state index contributed by atoms with van der Waals surface area (Å²) in [4.78, 5) is 0. The molecule has 0 heterocycles. The van der Waals surface area contributed by atoms with E-state index in [1.54, 1.807) is 0 Å². The molecule has 0 bridgehead atoms. The fraction of sp³-hybridized carbons (Fsp3) is 0.0952. The first kappa shape index (κ1) is 14.8. The standard InChI is InChI=1S/C14H12.C7H8/c1-2-5-9-13(8-4-1)12-14-10-6-3-7-11-14;1-7-5-3-2-4-6-7/h1-8,10-11H,12H2;2-6H,1H3. The molecule has 0 aliphatic heterocycles. The minimum absolute atomic E-state index is 0.954. The van der Waals surface area contributed by atoms with Crippen LogP contribution < -0.4 is 0 Å². The van der Waals surface area contributed by atoms with E-state index in [1.165, 1.54) is 16.7 Å². The Morgan fingerprint density at radius 3 is 2.05 bits per heavy atom. The molecule has 0 radical (unpaired) electrons. The monoisotopic (exact) mass is 272 g/mol. The average Bonchev–Trinajstić information content (AvgIpc) is 2.78. The molecule has 0 nitrogen and oxygen atoms in total. The SMILES string of the molecule is C1=CC=CC=CC=1Cc1ccccc1.Cc1ccccc1. The van der Waals surface area contributed by atoms with Gasteiger partial charge in [0, 0.05) is 6.42 Å². The van der Waals surface area contributed by atoms with Crippen LogP contribution in [0.5, 0.6) is 0 Å². The Morgan fingerprint density at radius 2 is 1.43 bits per heavy atom. The van der Waals surface area contributed by atoms with Crippen LogP contribution in [0.4, 0.5) is 0 Å². The maximum absolute atomic E-state index is 3.25. The van der Waals surface area contributed by atoms with Crippen molar-refractivity contribution < 1.29 is 0 Å². The zero-order valence-corrected chi connectivity index (χ0v) is 12.4. The molecule has 104 valence electrons. The maximum Gasteiger partial charge on any atom is 0.00479 e. The molecule has 0 atom stereocenters. The highest BCUT2D eigenvalue weighted by molar-refractivity contribution is 5.32. The summed E-state index contributed by atoms with van der Waals surface area (Å²) in [6, 6.07) is 20.7. The van der Waals surface area contributed by atoms with Gasteiger partial charge in [-0.1, -0.05) is 90.5 Å². The van der Waals surface area contributed by atoms with Crippen LogP contribution in [0.15, 0.2) is 102 Å². The topological polar surface area (TPSA) is 0 Å². The van der Waals surface area contributed by atoms with E-state index < -0.39 is 0 Å². The molecule has 2 aromatic carbocycles. The van der Waals surface area contributed by atoms with Gasteiger partial charge in [-0.25, -0.2) is 0 Å². The van der Waals surface area contributed by atoms with Crippen molar-refractivity contribution in [1.82, 2.24) is 0 Å². The molecule has 0 unspecified atom stereocenters. The number of rotatable bonds is 2. The predicted molar refractivity (Wildman–Crippen MR) is 91.2 cm³/mol. The van der Waals surface area contributed by atoms with Crippen molar-refractivity contribution in [2.75, 3.05) is 0 Å². The van der Waals surface area contributed by atoms with Crippen LogP contribution in [-0.4, -0.2) is 0 Å². The lowest BCUT2D eigenvalue weighted by molar-refractivity contribution is 1.20. The van der Waals surface area contributed by atoms with Gasteiger partial charge in [-0.2, -0.15) is 0 Å². The third kappa shape index (κ3) is 5.95. The van der Waals surface area contributed by atoms with E-state index in [-0.39, 0.29) is 0 Å². The van der Waals surface area contributed by atoms with E-state index in [4.69, 9.17) is 0 Å². The summed E-state index contributed by atoms with van der Waals surface area (Å²) in [5.41, 5.74) is 7.12. The average molecular weight is 272 g/mol. The molecule has 3 rings (SSSR count). The molecule has 1 aliphatic carbocycles. The first-order valence-corrected chi connectivity index (χ1v) is 7.19. The second-order valence-corrected chi connectivity index (χ2v) is 4.90. The predicted octanol–water partition coefficient (Wildman–Crippen LogP) is 5.43. The van der Waals surface area contributed by atoms with Gasteiger partial charge in [0.25, 0.3) is 0 Å². The van der Waals surface area contributed by atoms with Crippen LogP contribution in [0.1, 0.15) is 11.1 Å². The molecule has 0 heteroatoms. The largest absolute Gasteiger partial charge is 0.117 e. The molecule has 0 fully saturated rings.